The molecule has 1 N–H and O–H groups in total. The van der Waals surface area contributed by atoms with Crippen LogP contribution < -0.4 is 4.74 Å². The fourth-order valence-corrected chi connectivity index (χ4v) is 4.26. The SMILES string of the molecule is COc1ccc(F)cc1C(O)=C1C(=O)C(=O)N(CCCN2CCOCC2)[C@@H]1c1ccccn1. The van der Waals surface area contributed by atoms with E-state index in [1.807, 2.05) is 0 Å². The number of morpholine rings is 1. The number of benzene rings is 1. The lowest BCUT2D eigenvalue weighted by Gasteiger charge is -2.29. The van der Waals surface area contributed by atoms with Crippen molar-refractivity contribution < 1.29 is 28.6 Å². The van der Waals surface area contributed by atoms with Gasteiger partial charge in [0.1, 0.15) is 23.4 Å². The Balaban J connectivity index is 1.70. The zero-order valence-corrected chi connectivity index (χ0v) is 18.4. The molecule has 0 unspecified atom stereocenters. The number of hydrogen-bond acceptors (Lipinski definition) is 7. The van der Waals surface area contributed by atoms with Gasteiger partial charge in [-0.2, -0.15) is 0 Å². The largest absolute Gasteiger partial charge is 0.507 e. The van der Waals surface area contributed by atoms with E-state index in [-0.39, 0.29) is 16.9 Å². The average molecular weight is 455 g/mol. The van der Waals surface area contributed by atoms with Crippen LogP contribution >= 0.6 is 0 Å². The van der Waals surface area contributed by atoms with Crippen molar-refractivity contribution >= 4 is 17.4 Å². The lowest BCUT2D eigenvalue weighted by molar-refractivity contribution is -0.140. The maximum absolute atomic E-state index is 14.0. The summed E-state index contributed by atoms with van der Waals surface area (Å²) in [5, 5.41) is 11.1. The van der Waals surface area contributed by atoms with Crippen molar-refractivity contribution in [3.05, 3.63) is 65.2 Å². The van der Waals surface area contributed by atoms with Crippen molar-refractivity contribution in [1.29, 1.82) is 0 Å². The summed E-state index contributed by atoms with van der Waals surface area (Å²) in [6.45, 7) is 4.05. The maximum Gasteiger partial charge on any atom is 0.295 e. The molecule has 4 rings (SSSR count). The van der Waals surface area contributed by atoms with Gasteiger partial charge in [-0.3, -0.25) is 19.5 Å². The summed E-state index contributed by atoms with van der Waals surface area (Å²) in [6.07, 6.45) is 2.20. The van der Waals surface area contributed by atoms with Gasteiger partial charge in [0.05, 0.1) is 37.2 Å². The Bertz CT molecular complexity index is 1050. The highest BCUT2D eigenvalue weighted by molar-refractivity contribution is 6.46. The van der Waals surface area contributed by atoms with Crippen molar-refractivity contribution in [1.82, 2.24) is 14.8 Å². The number of ketones is 1. The number of amides is 1. The zero-order valence-electron chi connectivity index (χ0n) is 18.4. The Labute approximate surface area is 191 Å². The number of aliphatic hydroxyl groups is 1. The molecule has 2 aromatic rings. The third-order valence-electron chi connectivity index (χ3n) is 5.90. The number of carbonyl (C=O) groups excluding carboxylic acids is 2. The van der Waals surface area contributed by atoms with Gasteiger partial charge in [0, 0.05) is 32.4 Å². The lowest BCUT2D eigenvalue weighted by Crippen LogP contribution is -2.39. The average Bonchev–Trinajstić information content (AvgIpc) is 3.10. The molecule has 33 heavy (non-hydrogen) atoms. The van der Waals surface area contributed by atoms with E-state index in [0.717, 1.165) is 25.7 Å². The summed E-state index contributed by atoms with van der Waals surface area (Å²) in [6, 6.07) is 7.91. The second kappa shape index (κ2) is 10.1. The molecule has 1 atom stereocenters. The summed E-state index contributed by atoms with van der Waals surface area (Å²) in [5.41, 5.74) is 0.318. The molecule has 8 nitrogen and oxygen atoms in total. The van der Waals surface area contributed by atoms with E-state index < -0.39 is 29.3 Å². The van der Waals surface area contributed by atoms with Gasteiger partial charge in [-0.15, -0.1) is 0 Å². The van der Waals surface area contributed by atoms with Crippen molar-refractivity contribution in [2.45, 2.75) is 12.5 Å². The van der Waals surface area contributed by atoms with E-state index in [9.17, 15) is 19.1 Å². The van der Waals surface area contributed by atoms with E-state index in [0.29, 0.717) is 31.9 Å². The topological polar surface area (TPSA) is 92.2 Å². The second-order valence-corrected chi connectivity index (χ2v) is 7.90. The number of aliphatic hydroxyl groups excluding tert-OH is 1. The number of aromatic nitrogens is 1. The van der Waals surface area contributed by atoms with E-state index in [1.54, 1.807) is 24.4 Å². The van der Waals surface area contributed by atoms with Gasteiger partial charge in [0.2, 0.25) is 0 Å². The molecule has 0 radical (unpaired) electrons. The molecule has 1 aromatic heterocycles. The van der Waals surface area contributed by atoms with Crippen LogP contribution in [0.25, 0.3) is 5.76 Å². The Morgan fingerprint density at radius 1 is 1.21 bits per heavy atom. The number of Topliss-reactive ketones (excluding diaryl/α,β-unsaturated/α-hetero) is 1. The van der Waals surface area contributed by atoms with Gasteiger partial charge in [-0.05, 0) is 36.8 Å². The molecule has 1 aromatic carbocycles. The van der Waals surface area contributed by atoms with E-state index >= 15 is 0 Å². The van der Waals surface area contributed by atoms with Crippen LogP contribution in [0.5, 0.6) is 5.75 Å². The molecule has 2 fully saturated rings. The molecule has 1 amide bonds. The number of ether oxygens (including phenoxy) is 2. The number of rotatable bonds is 7. The van der Waals surface area contributed by atoms with Gasteiger partial charge < -0.3 is 19.5 Å². The molecule has 0 aliphatic carbocycles. The summed E-state index contributed by atoms with van der Waals surface area (Å²) < 4.78 is 24.6. The number of carbonyl (C=O) groups is 2. The quantitative estimate of drug-likeness (QED) is 0.389. The first-order chi connectivity index (χ1) is 16.0. The molecule has 0 spiro atoms. The summed E-state index contributed by atoms with van der Waals surface area (Å²) in [7, 11) is 1.38. The highest BCUT2D eigenvalue weighted by atomic mass is 19.1. The summed E-state index contributed by atoms with van der Waals surface area (Å²) >= 11 is 0. The van der Waals surface area contributed by atoms with Crippen molar-refractivity contribution in [2.24, 2.45) is 0 Å². The molecule has 2 aliphatic rings. The number of likely N-dealkylation sites (tertiary alicyclic amines) is 1. The number of halogens is 1. The number of methoxy groups -OCH3 is 1. The van der Waals surface area contributed by atoms with E-state index in [4.69, 9.17) is 9.47 Å². The number of pyridine rings is 1. The molecule has 3 heterocycles. The van der Waals surface area contributed by atoms with E-state index in [1.165, 1.54) is 24.1 Å². The maximum atomic E-state index is 14.0. The normalized spacial score (nSPS) is 20.9. The van der Waals surface area contributed by atoms with Crippen LogP contribution in [0.15, 0.2) is 48.2 Å². The number of hydrogen-bond donors (Lipinski definition) is 1. The van der Waals surface area contributed by atoms with Crippen LogP contribution in [-0.2, 0) is 14.3 Å². The van der Waals surface area contributed by atoms with E-state index in [2.05, 4.69) is 9.88 Å². The zero-order chi connectivity index (χ0) is 23.4. The van der Waals surface area contributed by atoms with Crippen molar-refractivity contribution in [3.8, 4) is 5.75 Å². The first-order valence-corrected chi connectivity index (χ1v) is 10.8. The predicted octanol–water partition coefficient (Wildman–Crippen LogP) is 2.37. The minimum atomic E-state index is -0.885. The van der Waals surface area contributed by atoms with Crippen LogP contribution in [0, 0.1) is 5.82 Å². The fourth-order valence-electron chi connectivity index (χ4n) is 4.26. The van der Waals surface area contributed by atoms with Gasteiger partial charge in [-0.1, -0.05) is 6.07 Å². The van der Waals surface area contributed by atoms with Gasteiger partial charge in [0.25, 0.3) is 11.7 Å². The van der Waals surface area contributed by atoms with Crippen LogP contribution in [0.2, 0.25) is 0 Å². The highest BCUT2D eigenvalue weighted by Crippen LogP contribution is 2.40. The molecule has 0 saturated carbocycles. The fraction of sp³-hybridized carbons (Fsp3) is 0.375. The van der Waals surface area contributed by atoms with Gasteiger partial charge in [0.15, 0.2) is 0 Å². The van der Waals surface area contributed by atoms with Gasteiger partial charge >= 0.3 is 0 Å². The summed E-state index contributed by atoms with van der Waals surface area (Å²) in [5.74, 6) is -2.46. The molecule has 0 bridgehead atoms. The Morgan fingerprint density at radius 3 is 2.70 bits per heavy atom. The van der Waals surface area contributed by atoms with Crippen LogP contribution in [-0.4, -0.2) is 78.1 Å². The van der Waals surface area contributed by atoms with Crippen molar-refractivity contribution in [2.75, 3.05) is 46.5 Å². The first-order valence-electron chi connectivity index (χ1n) is 10.8. The second-order valence-electron chi connectivity index (χ2n) is 7.90. The highest BCUT2D eigenvalue weighted by Gasteiger charge is 2.46. The minimum Gasteiger partial charge on any atom is -0.507 e. The Hall–Kier alpha value is -3.30. The number of nitrogens with zero attached hydrogens (tertiary/aromatic N) is 3. The molecular formula is C24H26FN3O5. The molecule has 2 aliphatic heterocycles. The molecular weight excluding hydrogens is 429 g/mol. The molecule has 2 saturated heterocycles. The lowest BCUT2D eigenvalue weighted by atomic mass is 9.97. The predicted molar refractivity (Wildman–Crippen MR) is 118 cm³/mol. The minimum absolute atomic E-state index is 0.00440. The van der Waals surface area contributed by atoms with Gasteiger partial charge in [-0.25, -0.2) is 4.39 Å². The Kier molecular flexibility index (Phi) is 7.00. The van der Waals surface area contributed by atoms with Crippen LogP contribution in [0.1, 0.15) is 23.7 Å². The first kappa shape index (κ1) is 22.9. The van der Waals surface area contributed by atoms with Crippen molar-refractivity contribution in [3.63, 3.8) is 0 Å². The standard InChI is InChI=1S/C24H26FN3O5/c1-32-19-7-6-16(25)15-17(19)22(29)20-21(18-5-2-3-8-26-18)28(24(31)23(20)30)10-4-9-27-11-13-33-14-12-27/h2-3,5-8,15,21,29H,4,9-14H2,1H3/t21-/m1/s1. The van der Waals surface area contributed by atoms with Crippen LogP contribution in [0.4, 0.5) is 4.39 Å². The molecule has 9 heteroatoms. The third kappa shape index (κ3) is 4.74. The summed E-state index contributed by atoms with van der Waals surface area (Å²) in [4.78, 5) is 34.1. The third-order valence-corrected chi connectivity index (χ3v) is 5.90. The monoisotopic (exact) mass is 455 g/mol. The molecule has 174 valence electrons. The van der Waals surface area contributed by atoms with Crippen LogP contribution in [0.3, 0.4) is 0 Å². The smallest absolute Gasteiger partial charge is 0.295 e. The Morgan fingerprint density at radius 2 is 2.00 bits per heavy atom.